The highest BCUT2D eigenvalue weighted by atomic mass is 35.5. The van der Waals surface area contributed by atoms with E-state index < -0.39 is 0 Å². The monoisotopic (exact) mass is 300 g/mol. The van der Waals surface area contributed by atoms with Crippen molar-refractivity contribution in [1.82, 2.24) is 9.97 Å². The quantitative estimate of drug-likeness (QED) is 0.763. The molecule has 0 aliphatic rings. The maximum Gasteiger partial charge on any atom is 0.227 e. The zero-order valence-electron chi connectivity index (χ0n) is 11.3. The summed E-state index contributed by atoms with van der Waals surface area (Å²) < 4.78 is 11.2. The first kappa shape index (κ1) is 14.5. The molecule has 0 N–H and O–H groups in total. The second-order valence-corrected chi connectivity index (χ2v) is 5.62. The van der Waals surface area contributed by atoms with Crippen LogP contribution < -0.4 is 4.74 Å². The maximum absolute atomic E-state index is 5.94. The molecule has 0 radical (unpaired) electrons. The standard InChI is InChI=1S/C13H17ClN2O2S/c1-4-9-6-10-11(18-8(3)7-17-5-2)15-13(14)16-12(10)19-9/h6,8H,4-5,7H2,1-3H3. The van der Waals surface area contributed by atoms with Crippen LogP contribution in [0.5, 0.6) is 5.88 Å². The molecule has 2 rings (SSSR count). The molecule has 1 unspecified atom stereocenters. The molecule has 4 nitrogen and oxygen atoms in total. The summed E-state index contributed by atoms with van der Waals surface area (Å²) in [5.41, 5.74) is 0. The van der Waals surface area contributed by atoms with Crippen LogP contribution in [0, 0.1) is 0 Å². The first-order valence-corrected chi connectivity index (χ1v) is 7.53. The molecule has 0 fully saturated rings. The number of halogens is 1. The third kappa shape index (κ3) is 3.55. The lowest BCUT2D eigenvalue weighted by molar-refractivity contribution is 0.0642. The van der Waals surface area contributed by atoms with Gasteiger partial charge in [0.05, 0.1) is 12.0 Å². The summed E-state index contributed by atoms with van der Waals surface area (Å²) in [5, 5.41) is 1.14. The topological polar surface area (TPSA) is 44.2 Å². The molecule has 0 spiro atoms. The summed E-state index contributed by atoms with van der Waals surface area (Å²) >= 11 is 7.56. The molecule has 2 aromatic rings. The smallest absolute Gasteiger partial charge is 0.227 e. The zero-order valence-corrected chi connectivity index (χ0v) is 12.8. The van der Waals surface area contributed by atoms with Gasteiger partial charge >= 0.3 is 0 Å². The SMILES string of the molecule is CCOCC(C)Oc1nc(Cl)nc2sc(CC)cc12. The fourth-order valence-electron chi connectivity index (χ4n) is 1.69. The van der Waals surface area contributed by atoms with E-state index in [-0.39, 0.29) is 11.4 Å². The maximum atomic E-state index is 5.94. The second kappa shape index (κ2) is 6.50. The predicted octanol–water partition coefficient (Wildman–Crippen LogP) is 3.71. The van der Waals surface area contributed by atoms with Crippen LogP contribution in [0.15, 0.2) is 6.07 Å². The van der Waals surface area contributed by atoms with Crippen LogP contribution in [-0.2, 0) is 11.2 Å². The molecule has 0 saturated heterocycles. The predicted molar refractivity (Wildman–Crippen MR) is 78.4 cm³/mol. The highest BCUT2D eigenvalue weighted by molar-refractivity contribution is 7.18. The number of rotatable bonds is 6. The number of aryl methyl sites for hydroxylation is 1. The molecule has 0 saturated carbocycles. The third-order valence-electron chi connectivity index (χ3n) is 2.60. The minimum atomic E-state index is -0.0703. The average molecular weight is 301 g/mol. The molecular weight excluding hydrogens is 284 g/mol. The Balaban J connectivity index is 2.28. The number of nitrogens with zero attached hydrogens (tertiary/aromatic N) is 2. The van der Waals surface area contributed by atoms with Crippen molar-refractivity contribution in [2.45, 2.75) is 33.3 Å². The van der Waals surface area contributed by atoms with Gasteiger partial charge < -0.3 is 9.47 Å². The Kier molecular flexibility index (Phi) is 4.96. The van der Waals surface area contributed by atoms with Crippen molar-refractivity contribution in [2.75, 3.05) is 13.2 Å². The van der Waals surface area contributed by atoms with Gasteiger partial charge in [-0.05, 0) is 37.9 Å². The number of hydrogen-bond donors (Lipinski definition) is 0. The summed E-state index contributed by atoms with van der Waals surface area (Å²) in [6.45, 7) is 7.22. The van der Waals surface area contributed by atoms with E-state index in [4.69, 9.17) is 21.1 Å². The van der Waals surface area contributed by atoms with Crippen molar-refractivity contribution in [2.24, 2.45) is 0 Å². The van der Waals surface area contributed by atoms with Crippen LogP contribution in [0.3, 0.4) is 0 Å². The average Bonchev–Trinajstić information content (AvgIpc) is 2.79. The van der Waals surface area contributed by atoms with Crippen molar-refractivity contribution in [3.05, 3.63) is 16.2 Å². The van der Waals surface area contributed by atoms with Gasteiger partial charge in [0.25, 0.3) is 0 Å². The zero-order chi connectivity index (χ0) is 13.8. The molecular formula is C13H17ClN2O2S. The fraction of sp³-hybridized carbons (Fsp3) is 0.538. The van der Waals surface area contributed by atoms with Crippen LogP contribution >= 0.6 is 22.9 Å². The summed E-state index contributed by atoms with van der Waals surface area (Å²) in [7, 11) is 0. The molecule has 0 amide bonds. The van der Waals surface area contributed by atoms with Crippen LogP contribution in [0.1, 0.15) is 25.6 Å². The molecule has 19 heavy (non-hydrogen) atoms. The molecule has 0 aliphatic heterocycles. The minimum absolute atomic E-state index is 0.0703. The van der Waals surface area contributed by atoms with E-state index in [1.54, 1.807) is 11.3 Å². The summed E-state index contributed by atoms with van der Waals surface area (Å²) in [6, 6.07) is 2.07. The van der Waals surface area contributed by atoms with Gasteiger partial charge in [0.15, 0.2) is 0 Å². The molecule has 1 atom stereocenters. The largest absolute Gasteiger partial charge is 0.472 e. The van der Waals surface area contributed by atoms with Crippen LogP contribution in [0.25, 0.3) is 10.2 Å². The van der Waals surface area contributed by atoms with Crippen LogP contribution in [-0.4, -0.2) is 29.3 Å². The first-order valence-electron chi connectivity index (χ1n) is 6.34. The number of ether oxygens (including phenoxy) is 2. The van der Waals surface area contributed by atoms with E-state index in [1.807, 2.05) is 13.8 Å². The number of thiophene rings is 1. The van der Waals surface area contributed by atoms with Gasteiger partial charge in [0.2, 0.25) is 11.2 Å². The van der Waals surface area contributed by atoms with E-state index >= 15 is 0 Å². The number of aromatic nitrogens is 2. The highest BCUT2D eigenvalue weighted by Crippen LogP contribution is 2.32. The molecule has 2 heterocycles. The second-order valence-electron chi connectivity index (χ2n) is 4.17. The minimum Gasteiger partial charge on any atom is -0.472 e. The van der Waals surface area contributed by atoms with Gasteiger partial charge in [-0.2, -0.15) is 4.98 Å². The molecule has 104 valence electrons. The fourth-order valence-corrected chi connectivity index (χ4v) is 2.86. The Morgan fingerprint density at radius 1 is 1.37 bits per heavy atom. The van der Waals surface area contributed by atoms with Crippen molar-refractivity contribution in [3.8, 4) is 5.88 Å². The third-order valence-corrected chi connectivity index (χ3v) is 3.94. The number of hydrogen-bond acceptors (Lipinski definition) is 5. The summed E-state index contributed by atoms with van der Waals surface area (Å²) in [5.74, 6) is 0.540. The molecule has 0 bridgehead atoms. The Morgan fingerprint density at radius 2 is 2.16 bits per heavy atom. The Morgan fingerprint density at radius 3 is 2.84 bits per heavy atom. The van der Waals surface area contributed by atoms with Gasteiger partial charge in [-0.3, -0.25) is 0 Å². The van der Waals surface area contributed by atoms with E-state index in [9.17, 15) is 0 Å². The van der Waals surface area contributed by atoms with Crippen molar-refractivity contribution < 1.29 is 9.47 Å². The summed E-state index contributed by atoms with van der Waals surface area (Å²) in [4.78, 5) is 10.5. The Labute approximate surface area is 121 Å². The van der Waals surface area contributed by atoms with E-state index in [2.05, 4.69) is 23.0 Å². The molecule has 0 aromatic carbocycles. The molecule has 6 heteroatoms. The van der Waals surface area contributed by atoms with E-state index in [1.165, 1.54) is 4.88 Å². The van der Waals surface area contributed by atoms with E-state index in [0.29, 0.717) is 19.1 Å². The van der Waals surface area contributed by atoms with Gasteiger partial charge in [0, 0.05) is 11.5 Å². The van der Waals surface area contributed by atoms with Gasteiger partial charge in [-0.15, -0.1) is 11.3 Å². The lowest BCUT2D eigenvalue weighted by atomic mass is 10.3. The molecule has 0 aliphatic carbocycles. The first-order chi connectivity index (χ1) is 9.13. The van der Waals surface area contributed by atoms with Gasteiger partial charge in [0.1, 0.15) is 10.9 Å². The van der Waals surface area contributed by atoms with E-state index in [0.717, 1.165) is 16.6 Å². The lowest BCUT2D eigenvalue weighted by Gasteiger charge is -2.14. The Hall–Kier alpha value is -0.910. The van der Waals surface area contributed by atoms with Gasteiger partial charge in [-0.1, -0.05) is 6.92 Å². The van der Waals surface area contributed by atoms with Crippen LogP contribution in [0.2, 0.25) is 5.28 Å². The normalized spacial score (nSPS) is 12.8. The summed E-state index contributed by atoms with van der Waals surface area (Å²) in [6.07, 6.45) is 0.895. The van der Waals surface area contributed by atoms with Crippen molar-refractivity contribution >= 4 is 33.2 Å². The lowest BCUT2D eigenvalue weighted by Crippen LogP contribution is -2.19. The molecule has 2 aromatic heterocycles. The highest BCUT2D eigenvalue weighted by Gasteiger charge is 2.14. The number of fused-ring (bicyclic) bond motifs is 1. The van der Waals surface area contributed by atoms with Gasteiger partial charge in [-0.25, -0.2) is 4.98 Å². The Bertz CT molecular complexity index is 559. The van der Waals surface area contributed by atoms with Crippen molar-refractivity contribution in [1.29, 1.82) is 0 Å². The van der Waals surface area contributed by atoms with Crippen LogP contribution in [0.4, 0.5) is 0 Å². The van der Waals surface area contributed by atoms with Crippen molar-refractivity contribution in [3.63, 3.8) is 0 Å².